The van der Waals surface area contributed by atoms with Crippen LogP contribution in [0.5, 0.6) is 0 Å². The molecule has 0 unspecified atom stereocenters. The van der Waals surface area contributed by atoms with E-state index in [1.807, 2.05) is 10.6 Å². The number of benzene rings is 1. The number of aryl methyl sites for hydroxylation is 2. The lowest BCUT2D eigenvalue weighted by Crippen LogP contribution is -2.29. The van der Waals surface area contributed by atoms with Gasteiger partial charge in [-0.15, -0.1) is 0 Å². The van der Waals surface area contributed by atoms with Crippen LogP contribution in [-0.4, -0.2) is 11.1 Å². The summed E-state index contributed by atoms with van der Waals surface area (Å²) in [5, 5.41) is 4.43. The van der Waals surface area contributed by atoms with Crippen LogP contribution in [0.2, 0.25) is 0 Å². The number of pyridine rings is 1. The van der Waals surface area contributed by atoms with E-state index in [0.717, 1.165) is 37.0 Å². The molecule has 0 atom stereocenters. The van der Waals surface area contributed by atoms with E-state index in [0.29, 0.717) is 6.54 Å². The summed E-state index contributed by atoms with van der Waals surface area (Å²) in [4.78, 5) is 12.4. The van der Waals surface area contributed by atoms with Crippen molar-refractivity contribution in [2.75, 3.05) is 6.54 Å². The van der Waals surface area contributed by atoms with Gasteiger partial charge in [0.05, 0.1) is 5.52 Å². The summed E-state index contributed by atoms with van der Waals surface area (Å²) >= 11 is 0. The minimum absolute atomic E-state index is 0.176. The molecule has 3 rings (SSSR count). The molecule has 0 bridgehead atoms. The van der Waals surface area contributed by atoms with Crippen LogP contribution in [0.3, 0.4) is 0 Å². The first-order valence-electron chi connectivity index (χ1n) is 6.66. The smallest absolute Gasteiger partial charge is 0.255 e. The summed E-state index contributed by atoms with van der Waals surface area (Å²) < 4.78 is 1.96. The third-order valence-corrected chi connectivity index (χ3v) is 3.66. The fraction of sp³-hybridized carbons (Fsp3) is 0.400. The van der Waals surface area contributed by atoms with Gasteiger partial charge < -0.3 is 9.88 Å². The Balaban J connectivity index is 2.25. The Morgan fingerprint density at radius 3 is 3.11 bits per heavy atom. The van der Waals surface area contributed by atoms with Crippen LogP contribution in [0.15, 0.2) is 29.1 Å². The molecule has 0 amide bonds. The van der Waals surface area contributed by atoms with Crippen molar-refractivity contribution in [2.45, 2.75) is 32.9 Å². The van der Waals surface area contributed by atoms with E-state index in [9.17, 15) is 4.79 Å². The number of nitrogens with one attached hydrogen (secondary N) is 1. The highest BCUT2D eigenvalue weighted by Crippen LogP contribution is 2.23. The molecule has 1 aliphatic heterocycles. The molecule has 1 aliphatic rings. The highest BCUT2D eigenvalue weighted by atomic mass is 16.1. The highest BCUT2D eigenvalue weighted by Gasteiger charge is 2.15. The van der Waals surface area contributed by atoms with Crippen molar-refractivity contribution < 1.29 is 0 Å². The van der Waals surface area contributed by atoms with Gasteiger partial charge in [-0.25, -0.2) is 0 Å². The van der Waals surface area contributed by atoms with E-state index >= 15 is 0 Å². The molecule has 3 heteroatoms. The molecule has 0 spiro atoms. The Labute approximate surface area is 106 Å². The van der Waals surface area contributed by atoms with Gasteiger partial charge >= 0.3 is 0 Å². The molecule has 0 saturated heterocycles. The summed E-state index contributed by atoms with van der Waals surface area (Å²) in [5.74, 6) is 0. The standard InChI is InChI=1S/C15H18N2O/c1-2-16-10-13-9-12-6-3-5-11-7-4-8-17(14(11)12)15(13)18/h3,5-6,9,16H,2,4,7-8,10H2,1H3. The van der Waals surface area contributed by atoms with Crippen LogP contribution >= 0.6 is 0 Å². The molecule has 3 nitrogen and oxygen atoms in total. The second-order valence-electron chi connectivity index (χ2n) is 4.87. The van der Waals surface area contributed by atoms with Gasteiger partial charge in [-0.2, -0.15) is 0 Å². The van der Waals surface area contributed by atoms with Gasteiger partial charge in [0.15, 0.2) is 0 Å². The molecule has 18 heavy (non-hydrogen) atoms. The van der Waals surface area contributed by atoms with Crippen LogP contribution in [0.4, 0.5) is 0 Å². The van der Waals surface area contributed by atoms with Crippen LogP contribution in [0.25, 0.3) is 10.9 Å². The zero-order chi connectivity index (χ0) is 12.5. The quantitative estimate of drug-likeness (QED) is 0.894. The first-order chi connectivity index (χ1) is 8.81. The molecule has 2 heterocycles. The lowest BCUT2D eigenvalue weighted by molar-refractivity contribution is 0.605. The van der Waals surface area contributed by atoms with E-state index in [1.54, 1.807) is 0 Å². The third kappa shape index (κ3) is 1.75. The normalized spacial score (nSPS) is 14.1. The Kier molecular flexibility index (Phi) is 2.92. The highest BCUT2D eigenvalue weighted by molar-refractivity contribution is 5.83. The number of aromatic nitrogens is 1. The Bertz CT molecular complexity index is 643. The van der Waals surface area contributed by atoms with E-state index in [1.165, 1.54) is 10.9 Å². The van der Waals surface area contributed by atoms with Gasteiger partial charge in [0.2, 0.25) is 0 Å². The predicted molar refractivity (Wildman–Crippen MR) is 73.9 cm³/mol. The van der Waals surface area contributed by atoms with Crippen molar-refractivity contribution in [1.82, 2.24) is 9.88 Å². The van der Waals surface area contributed by atoms with E-state index < -0.39 is 0 Å². The maximum Gasteiger partial charge on any atom is 0.255 e. The predicted octanol–water partition coefficient (Wildman–Crippen LogP) is 2.06. The summed E-state index contributed by atoms with van der Waals surface area (Å²) in [6.07, 6.45) is 2.15. The molecule has 0 saturated carbocycles. The van der Waals surface area contributed by atoms with Gasteiger partial charge in [-0.3, -0.25) is 4.79 Å². The van der Waals surface area contributed by atoms with Gasteiger partial charge in [0.1, 0.15) is 0 Å². The molecule has 0 radical (unpaired) electrons. The Hall–Kier alpha value is -1.61. The van der Waals surface area contributed by atoms with Gasteiger partial charge in [0, 0.05) is 18.7 Å². The Morgan fingerprint density at radius 2 is 2.28 bits per heavy atom. The lowest BCUT2D eigenvalue weighted by atomic mass is 10.00. The Morgan fingerprint density at radius 1 is 1.39 bits per heavy atom. The van der Waals surface area contributed by atoms with E-state index in [2.05, 4.69) is 30.4 Å². The number of hydrogen-bond donors (Lipinski definition) is 1. The van der Waals surface area contributed by atoms with Crippen molar-refractivity contribution in [3.05, 3.63) is 45.7 Å². The molecular weight excluding hydrogens is 224 g/mol. The first-order valence-corrected chi connectivity index (χ1v) is 6.66. The monoisotopic (exact) mass is 242 g/mol. The molecule has 1 aromatic heterocycles. The zero-order valence-electron chi connectivity index (χ0n) is 10.7. The molecule has 1 N–H and O–H groups in total. The maximum atomic E-state index is 12.4. The molecule has 1 aromatic carbocycles. The third-order valence-electron chi connectivity index (χ3n) is 3.66. The second-order valence-corrected chi connectivity index (χ2v) is 4.87. The minimum atomic E-state index is 0.176. The molecule has 0 fully saturated rings. The fourth-order valence-corrected chi connectivity index (χ4v) is 2.81. The van der Waals surface area contributed by atoms with Crippen molar-refractivity contribution in [2.24, 2.45) is 0 Å². The van der Waals surface area contributed by atoms with Gasteiger partial charge in [-0.05, 0) is 36.4 Å². The van der Waals surface area contributed by atoms with Gasteiger partial charge in [0.25, 0.3) is 5.56 Å². The second kappa shape index (κ2) is 4.58. The molecule has 2 aromatic rings. The molecular formula is C15H18N2O. The number of para-hydroxylation sites is 1. The van der Waals surface area contributed by atoms with Crippen molar-refractivity contribution >= 4 is 10.9 Å². The van der Waals surface area contributed by atoms with Crippen LogP contribution in [-0.2, 0) is 19.5 Å². The van der Waals surface area contributed by atoms with Crippen molar-refractivity contribution in [3.8, 4) is 0 Å². The summed E-state index contributed by atoms with van der Waals surface area (Å²) in [6.45, 7) is 4.46. The van der Waals surface area contributed by atoms with Crippen LogP contribution < -0.4 is 10.9 Å². The summed E-state index contributed by atoms with van der Waals surface area (Å²) in [7, 11) is 0. The first kappa shape index (κ1) is 11.5. The van der Waals surface area contributed by atoms with Gasteiger partial charge in [-0.1, -0.05) is 25.1 Å². The van der Waals surface area contributed by atoms with E-state index in [4.69, 9.17) is 0 Å². The zero-order valence-corrected chi connectivity index (χ0v) is 10.7. The lowest BCUT2D eigenvalue weighted by Gasteiger charge is -2.20. The fourth-order valence-electron chi connectivity index (χ4n) is 2.81. The average Bonchev–Trinajstić information content (AvgIpc) is 2.41. The number of rotatable bonds is 3. The topological polar surface area (TPSA) is 34.0 Å². The summed E-state index contributed by atoms with van der Waals surface area (Å²) in [6, 6.07) is 8.39. The largest absolute Gasteiger partial charge is 0.313 e. The van der Waals surface area contributed by atoms with Crippen LogP contribution in [0.1, 0.15) is 24.5 Å². The molecule has 94 valence electrons. The maximum absolute atomic E-state index is 12.4. The van der Waals surface area contributed by atoms with Crippen molar-refractivity contribution in [1.29, 1.82) is 0 Å². The average molecular weight is 242 g/mol. The van der Waals surface area contributed by atoms with E-state index in [-0.39, 0.29) is 5.56 Å². The SMILES string of the molecule is CCNCc1cc2cccc3c2n(c1=O)CCC3. The number of nitrogens with zero attached hydrogens (tertiary/aromatic N) is 1. The minimum Gasteiger partial charge on any atom is -0.313 e. The van der Waals surface area contributed by atoms with Crippen molar-refractivity contribution in [3.63, 3.8) is 0 Å². The number of hydrogen-bond acceptors (Lipinski definition) is 2. The molecule has 0 aliphatic carbocycles. The van der Waals surface area contributed by atoms with Crippen LogP contribution in [0, 0.1) is 0 Å². The summed E-state index contributed by atoms with van der Waals surface area (Å²) in [5.41, 5.74) is 3.51.